The number of anilines is 2. The number of rotatable bonds is 7. The van der Waals surface area contributed by atoms with Gasteiger partial charge < -0.3 is 19.9 Å². The maximum atomic E-state index is 13.3. The van der Waals surface area contributed by atoms with Crippen LogP contribution in [0.2, 0.25) is 0 Å². The second-order valence-corrected chi connectivity index (χ2v) is 8.03. The molecule has 0 aliphatic rings. The van der Waals surface area contributed by atoms with Crippen molar-refractivity contribution in [2.75, 3.05) is 18.6 Å². The number of hydrogen-bond acceptors (Lipinski definition) is 6. The smallest absolute Gasteiger partial charge is 0.417 e. The van der Waals surface area contributed by atoms with E-state index in [-0.39, 0.29) is 29.1 Å². The molecule has 0 saturated heterocycles. The van der Waals surface area contributed by atoms with E-state index in [1.807, 2.05) is 30.3 Å². The van der Waals surface area contributed by atoms with Gasteiger partial charge in [-0.2, -0.15) is 18.4 Å². The van der Waals surface area contributed by atoms with Gasteiger partial charge in [-0.15, -0.1) is 0 Å². The number of nitrogens with one attached hydrogen (secondary N) is 2. The Kier molecular flexibility index (Phi) is 7.11. The molecule has 0 bridgehead atoms. The van der Waals surface area contributed by atoms with Gasteiger partial charge in [-0.05, 0) is 29.8 Å². The zero-order chi connectivity index (χ0) is 26.6. The van der Waals surface area contributed by atoms with Gasteiger partial charge in [-0.25, -0.2) is 9.78 Å². The lowest BCUT2D eigenvalue weighted by atomic mass is 10.1. The van der Waals surface area contributed by atoms with Crippen LogP contribution in [0.1, 0.15) is 27.0 Å². The topological polar surface area (TPSA) is 111 Å². The number of H-pyrrole nitrogens is 1. The predicted molar refractivity (Wildman–Crippen MR) is 129 cm³/mol. The van der Waals surface area contributed by atoms with Crippen LogP contribution in [0.15, 0.2) is 66.7 Å². The molecule has 188 valence electrons. The van der Waals surface area contributed by atoms with Gasteiger partial charge >= 0.3 is 12.3 Å². The Morgan fingerprint density at radius 1 is 1.11 bits per heavy atom. The first-order chi connectivity index (χ1) is 17.7. The van der Waals surface area contributed by atoms with Crippen molar-refractivity contribution < 1.29 is 27.5 Å². The molecule has 0 aliphatic carbocycles. The lowest BCUT2D eigenvalue weighted by Gasteiger charge is -2.16. The first kappa shape index (κ1) is 25.2. The number of aromatic nitrogens is 2. The molecule has 3 aromatic carbocycles. The number of nitrogens with zero attached hydrogens (tertiary/aromatic N) is 3. The van der Waals surface area contributed by atoms with E-state index in [2.05, 4.69) is 15.3 Å². The summed E-state index contributed by atoms with van der Waals surface area (Å²) in [6.45, 7) is -0.221. The van der Waals surface area contributed by atoms with E-state index >= 15 is 0 Å². The average Bonchev–Trinajstić information content (AvgIpc) is 3.32. The van der Waals surface area contributed by atoms with Gasteiger partial charge in [0, 0.05) is 24.8 Å². The van der Waals surface area contributed by atoms with Gasteiger partial charge in [0.25, 0.3) is 0 Å². The Morgan fingerprint density at radius 2 is 1.86 bits per heavy atom. The van der Waals surface area contributed by atoms with Crippen LogP contribution in [0.4, 0.5) is 29.6 Å². The van der Waals surface area contributed by atoms with E-state index in [1.165, 1.54) is 0 Å². The highest BCUT2D eigenvalue weighted by atomic mass is 19.4. The summed E-state index contributed by atoms with van der Waals surface area (Å²) in [6, 6.07) is 19.1. The van der Waals surface area contributed by atoms with Crippen LogP contribution in [0, 0.1) is 11.3 Å². The third kappa shape index (κ3) is 5.87. The van der Waals surface area contributed by atoms with Crippen LogP contribution in [0.25, 0.3) is 11.0 Å². The number of halogens is 3. The number of benzene rings is 3. The second-order valence-electron chi connectivity index (χ2n) is 8.03. The number of alkyl carbamates (subject to hydrolysis) is 1. The molecule has 0 saturated carbocycles. The molecule has 8 nitrogen and oxygen atoms in total. The first-order valence-electron chi connectivity index (χ1n) is 11.0. The van der Waals surface area contributed by atoms with Gasteiger partial charge in [0.1, 0.15) is 0 Å². The number of ketones is 1. The largest absolute Gasteiger partial charge is 0.441 e. The van der Waals surface area contributed by atoms with E-state index in [9.17, 15) is 22.8 Å². The van der Waals surface area contributed by atoms with Crippen molar-refractivity contribution in [1.29, 1.82) is 5.26 Å². The molecule has 0 aliphatic heterocycles. The van der Waals surface area contributed by atoms with Crippen LogP contribution in [0.3, 0.4) is 0 Å². The zero-order valence-corrected chi connectivity index (χ0v) is 19.5. The number of amides is 1. The minimum atomic E-state index is -4.69. The van der Waals surface area contributed by atoms with Crippen molar-refractivity contribution in [3.63, 3.8) is 0 Å². The molecule has 0 atom stereocenters. The fraction of sp³-hybridized carbons (Fsp3) is 0.154. The van der Waals surface area contributed by atoms with Gasteiger partial charge in [-0.3, -0.25) is 4.79 Å². The molecular weight excluding hydrogens is 487 g/mol. The Hall–Kier alpha value is -4.85. The molecule has 1 aromatic heterocycles. The zero-order valence-electron chi connectivity index (χ0n) is 19.5. The van der Waals surface area contributed by atoms with E-state index in [1.54, 1.807) is 42.3 Å². The van der Waals surface area contributed by atoms with E-state index < -0.39 is 35.8 Å². The van der Waals surface area contributed by atoms with Crippen LogP contribution in [0.5, 0.6) is 0 Å². The third-order valence-corrected chi connectivity index (χ3v) is 5.52. The molecule has 1 amide bonds. The monoisotopic (exact) mass is 507 g/mol. The summed E-state index contributed by atoms with van der Waals surface area (Å²) in [5.74, 6) is -0.234. The number of Topliss-reactive ketones (excluding diaryl/α,β-unsaturated/α-hetero) is 1. The molecule has 4 rings (SSSR count). The van der Waals surface area contributed by atoms with Crippen molar-refractivity contribution in [3.05, 3.63) is 89.0 Å². The van der Waals surface area contributed by atoms with Crippen molar-refractivity contribution in [2.24, 2.45) is 0 Å². The summed E-state index contributed by atoms with van der Waals surface area (Å²) in [5, 5.41) is 11.7. The quantitative estimate of drug-likeness (QED) is 0.327. The normalized spacial score (nSPS) is 11.1. The highest BCUT2D eigenvalue weighted by molar-refractivity contribution is 5.98. The minimum Gasteiger partial charge on any atom is -0.441 e. The number of imidazole rings is 1. The van der Waals surface area contributed by atoms with Crippen LogP contribution in [-0.2, 0) is 17.5 Å². The van der Waals surface area contributed by atoms with Crippen LogP contribution >= 0.6 is 0 Å². The summed E-state index contributed by atoms with van der Waals surface area (Å²) in [5.41, 5.74) is 0.369. The number of hydrogen-bond donors (Lipinski definition) is 2. The van der Waals surface area contributed by atoms with Crippen LogP contribution in [-0.4, -0.2) is 35.5 Å². The fourth-order valence-corrected chi connectivity index (χ4v) is 3.58. The molecule has 11 heteroatoms. The van der Waals surface area contributed by atoms with Gasteiger partial charge in [0.15, 0.2) is 12.4 Å². The standard InChI is InChI=1S/C26H20F3N5O3/c1-34(24-32-21-11-18(13-30)20(26(27,28)29)12-22(21)33-24)19-9-5-8-17(10-19)23(35)15-37-25(36)31-14-16-6-3-2-4-7-16/h2-12H,14-15H2,1H3,(H,31,36)(H,32,33). The number of aromatic amines is 1. The summed E-state index contributed by atoms with van der Waals surface area (Å²) < 4.78 is 44.9. The highest BCUT2D eigenvalue weighted by Gasteiger charge is 2.34. The van der Waals surface area contributed by atoms with Crippen LogP contribution < -0.4 is 10.2 Å². The Labute approximate surface area is 209 Å². The molecule has 37 heavy (non-hydrogen) atoms. The number of nitriles is 1. The maximum absolute atomic E-state index is 13.3. The Balaban J connectivity index is 1.45. The predicted octanol–water partition coefficient (Wildman–Crippen LogP) is 5.33. The lowest BCUT2D eigenvalue weighted by molar-refractivity contribution is -0.137. The summed E-state index contributed by atoms with van der Waals surface area (Å²) in [6.07, 6.45) is -5.42. The maximum Gasteiger partial charge on any atom is 0.417 e. The number of carbonyl (C=O) groups excluding carboxylic acids is 2. The number of alkyl halides is 3. The molecule has 4 aromatic rings. The van der Waals surface area contributed by atoms with Gasteiger partial charge in [-0.1, -0.05) is 42.5 Å². The first-order valence-corrected chi connectivity index (χ1v) is 11.0. The third-order valence-electron chi connectivity index (χ3n) is 5.52. The lowest BCUT2D eigenvalue weighted by Crippen LogP contribution is -2.26. The minimum absolute atomic E-state index is 0.107. The Bertz CT molecular complexity index is 1490. The molecule has 2 N–H and O–H groups in total. The molecule has 1 heterocycles. The van der Waals surface area contributed by atoms with Crippen molar-refractivity contribution in [3.8, 4) is 6.07 Å². The van der Waals surface area contributed by atoms with E-state index in [4.69, 9.17) is 10.00 Å². The molecular formula is C26H20F3N5O3. The van der Waals surface area contributed by atoms with Gasteiger partial charge in [0.05, 0.1) is 28.2 Å². The van der Waals surface area contributed by atoms with E-state index in [0.29, 0.717) is 5.69 Å². The molecule has 0 spiro atoms. The van der Waals surface area contributed by atoms with Crippen molar-refractivity contribution in [1.82, 2.24) is 15.3 Å². The van der Waals surface area contributed by atoms with Gasteiger partial charge in [0.2, 0.25) is 5.95 Å². The number of fused-ring (bicyclic) bond motifs is 1. The number of carbonyl (C=O) groups is 2. The summed E-state index contributed by atoms with van der Waals surface area (Å²) >= 11 is 0. The SMILES string of the molecule is CN(c1cccc(C(=O)COC(=O)NCc2ccccc2)c1)c1nc2cc(C#N)c(C(F)(F)F)cc2[nH]1. The van der Waals surface area contributed by atoms with Crippen molar-refractivity contribution >= 4 is 34.5 Å². The Morgan fingerprint density at radius 3 is 2.57 bits per heavy atom. The second kappa shape index (κ2) is 10.4. The summed E-state index contributed by atoms with van der Waals surface area (Å²) in [7, 11) is 1.62. The fourth-order valence-electron chi connectivity index (χ4n) is 3.58. The molecule has 0 radical (unpaired) electrons. The van der Waals surface area contributed by atoms with E-state index in [0.717, 1.165) is 17.7 Å². The van der Waals surface area contributed by atoms with Crippen molar-refractivity contribution in [2.45, 2.75) is 12.7 Å². The highest BCUT2D eigenvalue weighted by Crippen LogP contribution is 2.35. The summed E-state index contributed by atoms with van der Waals surface area (Å²) in [4.78, 5) is 33.2. The molecule has 0 fully saturated rings. The average molecular weight is 507 g/mol. The molecule has 0 unspecified atom stereocenters. The number of ether oxygens (including phenoxy) is 1.